The van der Waals surface area contributed by atoms with Gasteiger partial charge in [-0.1, -0.05) is 0 Å². The Hall–Kier alpha value is -3.07. The SMILES string of the molecule is COc1cc(/C=N\n2c(-c3ccco3)n[nH]c2=S)cc(OC)c1O. The summed E-state index contributed by atoms with van der Waals surface area (Å²) in [5, 5.41) is 21.0. The third-order valence-electron chi connectivity index (χ3n) is 3.22. The average Bonchev–Trinajstić information content (AvgIpc) is 3.23. The fourth-order valence-electron chi connectivity index (χ4n) is 2.08. The molecule has 0 saturated heterocycles. The molecule has 124 valence electrons. The van der Waals surface area contributed by atoms with E-state index in [-0.39, 0.29) is 17.2 Å². The van der Waals surface area contributed by atoms with Gasteiger partial charge in [0.1, 0.15) is 0 Å². The lowest BCUT2D eigenvalue weighted by molar-refractivity contribution is 0.340. The number of aromatic hydroxyl groups is 1. The fraction of sp³-hybridized carbons (Fsp3) is 0.133. The van der Waals surface area contributed by atoms with E-state index in [4.69, 9.17) is 26.1 Å². The lowest BCUT2D eigenvalue weighted by atomic mass is 10.2. The molecule has 3 rings (SSSR count). The van der Waals surface area contributed by atoms with E-state index in [0.29, 0.717) is 21.9 Å². The predicted molar refractivity (Wildman–Crippen MR) is 89.3 cm³/mol. The fourth-order valence-corrected chi connectivity index (χ4v) is 2.26. The molecule has 24 heavy (non-hydrogen) atoms. The molecule has 1 aromatic carbocycles. The summed E-state index contributed by atoms with van der Waals surface area (Å²) in [6.07, 6.45) is 3.08. The van der Waals surface area contributed by atoms with Gasteiger partial charge in [-0.25, -0.2) is 5.10 Å². The lowest BCUT2D eigenvalue weighted by Crippen LogP contribution is -1.96. The maximum Gasteiger partial charge on any atom is 0.219 e. The highest BCUT2D eigenvalue weighted by molar-refractivity contribution is 7.71. The first kappa shape index (κ1) is 15.8. The van der Waals surface area contributed by atoms with Gasteiger partial charge < -0.3 is 19.0 Å². The Labute approximate surface area is 142 Å². The molecule has 3 aromatic rings. The van der Waals surface area contributed by atoms with Crippen LogP contribution in [-0.4, -0.2) is 40.4 Å². The highest BCUT2D eigenvalue weighted by Gasteiger charge is 2.12. The Morgan fingerprint density at radius 3 is 2.62 bits per heavy atom. The van der Waals surface area contributed by atoms with Crippen LogP contribution >= 0.6 is 12.2 Å². The second-order valence-corrected chi connectivity index (χ2v) is 5.05. The van der Waals surface area contributed by atoms with E-state index in [1.165, 1.54) is 25.2 Å². The second-order valence-electron chi connectivity index (χ2n) is 4.66. The highest BCUT2D eigenvalue weighted by atomic mass is 32.1. The number of nitrogens with one attached hydrogen (secondary N) is 1. The number of nitrogens with zero attached hydrogens (tertiary/aromatic N) is 3. The maximum absolute atomic E-state index is 9.93. The quantitative estimate of drug-likeness (QED) is 0.544. The van der Waals surface area contributed by atoms with Gasteiger partial charge in [0, 0.05) is 5.56 Å². The molecule has 0 spiro atoms. The molecule has 0 bridgehead atoms. The zero-order valence-electron chi connectivity index (χ0n) is 12.9. The van der Waals surface area contributed by atoms with E-state index in [2.05, 4.69) is 15.3 Å². The molecule has 0 aliphatic rings. The van der Waals surface area contributed by atoms with E-state index >= 15 is 0 Å². The van der Waals surface area contributed by atoms with Crippen LogP contribution in [0.25, 0.3) is 11.6 Å². The molecule has 2 heterocycles. The molecule has 0 aliphatic heterocycles. The van der Waals surface area contributed by atoms with Crippen LogP contribution < -0.4 is 9.47 Å². The number of rotatable bonds is 5. The topological polar surface area (TPSA) is 97.8 Å². The van der Waals surface area contributed by atoms with Crippen molar-refractivity contribution in [2.24, 2.45) is 5.10 Å². The summed E-state index contributed by atoms with van der Waals surface area (Å²) in [6.45, 7) is 0. The van der Waals surface area contributed by atoms with Crippen LogP contribution in [0.1, 0.15) is 5.56 Å². The molecular formula is C15H14N4O4S. The smallest absolute Gasteiger partial charge is 0.219 e. The Morgan fingerprint density at radius 2 is 2.04 bits per heavy atom. The zero-order chi connectivity index (χ0) is 17.1. The third-order valence-corrected chi connectivity index (χ3v) is 3.48. The molecule has 0 atom stereocenters. The summed E-state index contributed by atoms with van der Waals surface area (Å²) in [5.74, 6) is 1.45. The van der Waals surface area contributed by atoms with Crippen LogP contribution in [0.5, 0.6) is 17.2 Å². The van der Waals surface area contributed by atoms with Crippen molar-refractivity contribution in [1.82, 2.24) is 14.9 Å². The van der Waals surface area contributed by atoms with E-state index in [1.54, 1.807) is 30.5 Å². The molecular weight excluding hydrogens is 332 g/mol. The first-order valence-corrected chi connectivity index (χ1v) is 7.25. The van der Waals surface area contributed by atoms with Crippen molar-refractivity contribution in [1.29, 1.82) is 0 Å². The van der Waals surface area contributed by atoms with E-state index in [1.807, 2.05) is 0 Å². The number of ether oxygens (including phenoxy) is 2. The van der Waals surface area contributed by atoms with Crippen LogP contribution in [-0.2, 0) is 0 Å². The van der Waals surface area contributed by atoms with Crippen molar-refractivity contribution in [3.8, 4) is 28.8 Å². The van der Waals surface area contributed by atoms with Crippen LogP contribution in [0, 0.1) is 4.77 Å². The van der Waals surface area contributed by atoms with Crippen LogP contribution in [0.15, 0.2) is 40.0 Å². The molecule has 2 N–H and O–H groups in total. The van der Waals surface area contributed by atoms with Gasteiger partial charge in [-0.3, -0.25) is 0 Å². The second kappa shape index (κ2) is 6.59. The molecule has 0 fully saturated rings. The molecule has 9 heteroatoms. The monoisotopic (exact) mass is 346 g/mol. The van der Waals surface area contributed by atoms with Crippen molar-refractivity contribution >= 4 is 18.4 Å². The minimum atomic E-state index is -0.0756. The lowest BCUT2D eigenvalue weighted by Gasteiger charge is -2.09. The summed E-state index contributed by atoms with van der Waals surface area (Å²) in [4.78, 5) is 0. The molecule has 0 aliphatic carbocycles. The van der Waals surface area contributed by atoms with Gasteiger partial charge in [-0.2, -0.15) is 9.78 Å². The number of aromatic amines is 1. The van der Waals surface area contributed by atoms with Gasteiger partial charge in [0.2, 0.25) is 16.3 Å². The van der Waals surface area contributed by atoms with Crippen molar-refractivity contribution in [2.45, 2.75) is 0 Å². The number of methoxy groups -OCH3 is 2. The van der Waals surface area contributed by atoms with Crippen molar-refractivity contribution in [2.75, 3.05) is 14.2 Å². The molecule has 0 saturated carbocycles. The third kappa shape index (κ3) is 2.88. The van der Waals surface area contributed by atoms with E-state index in [9.17, 15) is 5.11 Å². The molecule has 0 amide bonds. The molecule has 8 nitrogen and oxygen atoms in total. The van der Waals surface area contributed by atoms with E-state index in [0.717, 1.165) is 0 Å². The van der Waals surface area contributed by atoms with Crippen molar-refractivity contribution in [3.05, 3.63) is 40.9 Å². The minimum Gasteiger partial charge on any atom is -0.502 e. The largest absolute Gasteiger partial charge is 0.502 e. The summed E-state index contributed by atoms with van der Waals surface area (Å²) in [6, 6.07) is 6.75. The zero-order valence-corrected chi connectivity index (χ0v) is 13.7. The number of hydrogen-bond acceptors (Lipinski definition) is 7. The first-order valence-electron chi connectivity index (χ1n) is 6.84. The standard InChI is InChI=1S/C15H14N4O4S/c1-21-11-6-9(7-12(22-2)13(11)20)8-16-19-14(17-18-15(19)24)10-4-3-5-23-10/h3-8,20H,1-2H3,(H,18,24)/b16-8-. The summed E-state index contributed by atoms with van der Waals surface area (Å²) in [5.41, 5.74) is 0.648. The number of furan rings is 1. The number of benzene rings is 1. The minimum absolute atomic E-state index is 0.0756. The van der Waals surface area contributed by atoms with E-state index < -0.39 is 0 Å². The van der Waals surface area contributed by atoms with Gasteiger partial charge >= 0.3 is 0 Å². The number of hydrogen-bond donors (Lipinski definition) is 2. The normalized spacial score (nSPS) is 11.1. The van der Waals surface area contributed by atoms with Gasteiger partial charge in [0.15, 0.2) is 17.3 Å². The number of phenolic OH excluding ortho intramolecular Hbond substituents is 1. The molecule has 2 aromatic heterocycles. The van der Waals surface area contributed by atoms with Gasteiger partial charge in [0.25, 0.3) is 0 Å². The van der Waals surface area contributed by atoms with Gasteiger partial charge in [-0.05, 0) is 36.5 Å². The van der Waals surface area contributed by atoms with Crippen molar-refractivity contribution in [3.63, 3.8) is 0 Å². The van der Waals surface area contributed by atoms with Gasteiger partial charge in [0.05, 0.1) is 26.7 Å². The Morgan fingerprint density at radius 1 is 1.33 bits per heavy atom. The van der Waals surface area contributed by atoms with Gasteiger partial charge in [-0.15, -0.1) is 5.10 Å². The van der Waals surface area contributed by atoms with Crippen LogP contribution in [0.4, 0.5) is 0 Å². The Bertz CT molecular complexity index is 902. The summed E-state index contributed by atoms with van der Waals surface area (Å²) >= 11 is 5.18. The number of H-pyrrole nitrogens is 1. The number of phenols is 1. The molecule has 0 unspecified atom stereocenters. The summed E-state index contributed by atoms with van der Waals surface area (Å²) < 4.78 is 17.3. The average molecular weight is 346 g/mol. The maximum atomic E-state index is 9.93. The number of aromatic nitrogens is 3. The van der Waals surface area contributed by atoms with Crippen LogP contribution in [0.3, 0.4) is 0 Å². The molecule has 0 radical (unpaired) electrons. The highest BCUT2D eigenvalue weighted by Crippen LogP contribution is 2.36. The van der Waals surface area contributed by atoms with Crippen molar-refractivity contribution < 1.29 is 19.0 Å². The van der Waals surface area contributed by atoms with Crippen LogP contribution in [0.2, 0.25) is 0 Å². The predicted octanol–water partition coefficient (Wildman–Crippen LogP) is 2.81. The Kier molecular flexibility index (Phi) is 4.34. The first-order chi connectivity index (χ1) is 11.6. The summed E-state index contributed by atoms with van der Waals surface area (Å²) in [7, 11) is 2.91. The Balaban J connectivity index is 2.01.